The summed E-state index contributed by atoms with van der Waals surface area (Å²) in [4.78, 5) is 32.8. The molecule has 0 fully saturated rings. The molecule has 0 aliphatic heterocycles. The number of nitrogens with one attached hydrogen (secondary N) is 2. The van der Waals surface area contributed by atoms with Crippen LogP contribution in [0.3, 0.4) is 0 Å². The zero-order chi connectivity index (χ0) is 19.8. The SMILES string of the molecule is O=C(NCCc1ccc(Cl)cc1)c1cncc(C(=O)NCc2ccccn2)c1. The van der Waals surface area contributed by atoms with Crippen LogP contribution in [0.1, 0.15) is 32.0 Å². The lowest BCUT2D eigenvalue weighted by Crippen LogP contribution is -2.27. The van der Waals surface area contributed by atoms with Gasteiger partial charge >= 0.3 is 0 Å². The number of amides is 2. The lowest BCUT2D eigenvalue weighted by molar-refractivity contribution is 0.0950. The van der Waals surface area contributed by atoms with Gasteiger partial charge in [0, 0.05) is 30.2 Å². The highest BCUT2D eigenvalue weighted by molar-refractivity contribution is 6.30. The van der Waals surface area contributed by atoms with Crippen LogP contribution in [0.5, 0.6) is 0 Å². The van der Waals surface area contributed by atoms with Gasteiger partial charge in [0.05, 0.1) is 23.4 Å². The summed E-state index contributed by atoms with van der Waals surface area (Å²) in [5.74, 6) is -0.588. The van der Waals surface area contributed by atoms with Gasteiger partial charge in [0.25, 0.3) is 11.8 Å². The second-order valence-electron chi connectivity index (χ2n) is 6.10. The summed E-state index contributed by atoms with van der Waals surface area (Å²) in [7, 11) is 0. The van der Waals surface area contributed by atoms with Crippen molar-refractivity contribution in [2.24, 2.45) is 0 Å². The number of hydrogen-bond donors (Lipinski definition) is 2. The van der Waals surface area contributed by atoms with Crippen molar-refractivity contribution in [2.45, 2.75) is 13.0 Å². The molecule has 142 valence electrons. The smallest absolute Gasteiger partial charge is 0.253 e. The summed E-state index contributed by atoms with van der Waals surface area (Å²) < 4.78 is 0. The predicted molar refractivity (Wildman–Crippen MR) is 107 cm³/mol. The van der Waals surface area contributed by atoms with E-state index in [1.807, 2.05) is 42.5 Å². The summed E-state index contributed by atoms with van der Waals surface area (Å²) in [6.45, 7) is 0.772. The summed E-state index contributed by atoms with van der Waals surface area (Å²) in [5, 5.41) is 6.28. The highest BCUT2D eigenvalue weighted by Crippen LogP contribution is 2.10. The summed E-state index contributed by atoms with van der Waals surface area (Å²) in [5.41, 5.74) is 2.48. The minimum absolute atomic E-state index is 0.277. The van der Waals surface area contributed by atoms with Crippen molar-refractivity contribution in [3.63, 3.8) is 0 Å². The molecule has 0 atom stereocenters. The van der Waals surface area contributed by atoms with E-state index in [9.17, 15) is 9.59 Å². The first-order valence-corrected chi connectivity index (χ1v) is 9.15. The highest BCUT2D eigenvalue weighted by Gasteiger charge is 2.11. The Kier molecular flexibility index (Phi) is 6.70. The molecule has 0 saturated carbocycles. The number of carbonyl (C=O) groups excluding carboxylic acids is 2. The minimum Gasteiger partial charge on any atom is -0.352 e. The number of rotatable bonds is 7. The Morgan fingerprint density at radius 2 is 1.64 bits per heavy atom. The lowest BCUT2D eigenvalue weighted by Gasteiger charge is -2.08. The van der Waals surface area contributed by atoms with Crippen molar-refractivity contribution in [3.05, 3.63) is 94.5 Å². The molecule has 28 heavy (non-hydrogen) atoms. The molecule has 2 heterocycles. The molecule has 3 rings (SSSR count). The Bertz CT molecular complexity index is 946. The average molecular weight is 395 g/mol. The van der Waals surface area contributed by atoms with Crippen molar-refractivity contribution in [1.82, 2.24) is 20.6 Å². The molecule has 0 aliphatic carbocycles. The van der Waals surface area contributed by atoms with Gasteiger partial charge in [-0.25, -0.2) is 0 Å². The van der Waals surface area contributed by atoms with Crippen LogP contribution in [0.2, 0.25) is 5.02 Å². The molecule has 2 aromatic heterocycles. The van der Waals surface area contributed by atoms with Gasteiger partial charge in [-0.15, -0.1) is 0 Å². The summed E-state index contributed by atoms with van der Waals surface area (Å²) in [6.07, 6.45) is 5.21. The normalized spacial score (nSPS) is 10.3. The van der Waals surface area contributed by atoms with Crippen molar-refractivity contribution < 1.29 is 9.59 Å². The number of pyridine rings is 2. The first-order chi connectivity index (χ1) is 13.6. The van der Waals surface area contributed by atoms with Gasteiger partial charge in [-0.05, 0) is 42.3 Å². The van der Waals surface area contributed by atoms with Crippen molar-refractivity contribution in [2.75, 3.05) is 6.54 Å². The zero-order valence-corrected chi connectivity index (χ0v) is 15.8. The van der Waals surface area contributed by atoms with Crippen LogP contribution in [-0.2, 0) is 13.0 Å². The topological polar surface area (TPSA) is 84.0 Å². The molecule has 2 amide bonds. The summed E-state index contributed by atoms with van der Waals surface area (Å²) in [6, 6.07) is 14.5. The third-order valence-electron chi connectivity index (χ3n) is 4.03. The second kappa shape index (κ2) is 9.62. The maximum atomic E-state index is 12.3. The van der Waals surface area contributed by atoms with E-state index in [4.69, 9.17) is 11.6 Å². The molecule has 0 aliphatic rings. The van der Waals surface area contributed by atoms with Crippen LogP contribution in [0, 0.1) is 0 Å². The van der Waals surface area contributed by atoms with Crippen LogP contribution in [-0.4, -0.2) is 28.3 Å². The average Bonchev–Trinajstić information content (AvgIpc) is 2.74. The fourth-order valence-corrected chi connectivity index (χ4v) is 2.66. The van der Waals surface area contributed by atoms with E-state index in [0.29, 0.717) is 35.7 Å². The van der Waals surface area contributed by atoms with E-state index in [1.54, 1.807) is 6.20 Å². The van der Waals surface area contributed by atoms with Crippen LogP contribution in [0.15, 0.2) is 67.1 Å². The maximum absolute atomic E-state index is 12.3. The molecular weight excluding hydrogens is 376 g/mol. The van der Waals surface area contributed by atoms with Crippen LogP contribution < -0.4 is 10.6 Å². The van der Waals surface area contributed by atoms with E-state index in [-0.39, 0.29) is 11.8 Å². The summed E-state index contributed by atoms with van der Waals surface area (Å²) >= 11 is 5.86. The van der Waals surface area contributed by atoms with Crippen molar-refractivity contribution in [1.29, 1.82) is 0 Å². The van der Waals surface area contributed by atoms with E-state index >= 15 is 0 Å². The number of aromatic nitrogens is 2. The third-order valence-corrected chi connectivity index (χ3v) is 4.28. The molecule has 6 nitrogen and oxygen atoms in total. The Balaban J connectivity index is 1.53. The van der Waals surface area contributed by atoms with E-state index in [1.165, 1.54) is 18.5 Å². The molecule has 7 heteroatoms. The van der Waals surface area contributed by atoms with Crippen molar-refractivity contribution >= 4 is 23.4 Å². The van der Waals surface area contributed by atoms with Gasteiger partial charge in [-0.1, -0.05) is 29.8 Å². The monoisotopic (exact) mass is 394 g/mol. The first-order valence-electron chi connectivity index (χ1n) is 8.77. The number of benzene rings is 1. The first kappa shape index (κ1) is 19.5. The van der Waals surface area contributed by atoms with Gasteiger partial charge in [-0.3, -0.25) is 19.6 Å². The largest absolute Gasteiger partial charge is 0.352 e. The Hall–Kier alpha value is -3.25. The molecule has 0 saturated heterocycles. The lowest BCUT2D eigenvalue weighted by atomic mass is 10.1. The van der Waals surface area contributed by atoms with Gasteiger partial charge < -0.3 is 10.6 Å². The quantitative estimate of drug-likeness (QED) is 0.645. The van der Waals surface area contributed by atoms with Crippen molar-refractivity contribution in [3.8, 4) is 0 Å². The fraction of sp³-hybridized carbons (Fsp3) is 0.143. The molecular formula is C21H19ClN4O2. The van der Waals surface area contributed by atoms with Crippen LogP contribution in [0.25, 0.3) is 0 Å². The zero-order valence-electron chi connectivity index (χ0n) is 15.1. The van der Waals surface area contributed by atoms with E-state index in [0.717, 1.165) is 11.3 Å². The standard InChI is InChI=1S/C21H19ClN4O2/c22-18-6-4-15(5-7-18)8-10-25-20(27)16-11-17(13-23-12-16)21(28)26-14-19-3-1-2-9-24-19/h1-7,9,11-13H,8,10,14H2,(H,25,27)(H,26,28). The fourth-order valence-electron chi connectivity index (χ4n) is 2.54. The number of nitrogens with zero attached hydrogens (tertiary/aromatic N) is 2. The maximum Gasteiger partial charge on any atom is 0.253 e. The number of carbonyl (C=O) groups is 2. The molecule has 0 unspecified atom stereocenters. The van der Waals surface area contributed by atoms with Gasteiger partial charge in [0.1, 0.15) is 0 Å². The molecule has 0 bridgehead atoms. The van der Waals surface area contributed by atoms with E-state index in [2.05, 4.69) is 20.6 Å². The minimum atomic E-state index is -0.311. The molecule has 0 spiro atoms. The predicted octanol–water partition coefficient (Wildman–Crippen LogP) is 3.03. The second-order valence-corrected chi connectivity index (χ2v) is 6.53. The molecule has 0 radical (unpaired) electrons. The van der Waals surface area contributed by atoms with Gasteiger partial charge in [-0.2, -0.15) is 0 Å². The van der Waals surface area contributed by atoms with E-state index < -0.39 is 0 Å². The molecule has 2 N–H and O–H groups in total. The third kappa shape index (κ3) is 5.62. The van der Waals surface area contributed by atoms with Gasteiger partial charge in [0.15, 0.2) is 0 Å². The van der Waals surface area contributed by atoms with Crippen LogP contribution >= 0.6 is 11.6 Å². The highest BCUT2D eigenvalue weighted by atomic mass is 35.5. The Labute approximate surface area is 168 Å². The van der Waals surface area contributed by atoms with Crippen LogP contribution in [0.4, 0.5) is 0 Å². The molecule has 1 aromatic carbocycles. The van der Waals surface area contributed by atoms with Gasteiger partial charge in [0.2, 0.25) is 0 Å². The molecule has 3 aromatic rings. The Morgan fingerprint density at radius 3 is 2.32 bits per heavy atom. The number of halogens is 1. The Morgan fingerprint density at radius 1 is 0.929 bits per heavy atom. The number of hydrogen-bond acceptors (Lipinski definition) is 4.